The third-order valence-electron chi connectivity index (χ3n) is 3.75. The van der Waals surface area contributed by atoms with Crippen LogP contribution in [-0.2, 0) is 4.79 Å². The summed E-state index contributed by atoms with van der Waals surface area (Å²) in [6.07, 6.45) is -0.185. The summed E-state index contributed by atoms with van der Waals surface area (Å²) in [5.74, 6) is -1.62. The van der Waals surface area contributed by atoms with E-state index < -0.39 is 23.0 Å². The van der Waals surface area contributed by atoms with Crippen molar-refractivity contribution in [1.82, 2.24) is 5.32 Å². The number of rotatable bonds is 6. The number of carbonyl (C=O) groups excluding carboxylic acids is 1. The second kappa shape index (κ2) is 8.07. The maximum absolute atomic E-state index is 12.1. The van der Waals surface area contributed by atoms with Crippen LogP contribution >= 0.6 is 0 Å². The minimum atomic E-state index is -0.823. The zero-order chi connectivity index (χ0) is 19.3. The van der Waals surface area contributed by atoms with Gasteiger partial charge in [0.05, 0.1) is 19.1 Å². The van der Waals surface area contributed by atoms with E-state index in [1.54, 1.807) is 13.0 Å². The van der Waals surface area contributed by atoms with Crippen molar-refractivity contribution < 1.29 is 24.2 Å². The minimum Gasteiger partial charge on any atom is -0.504 e. The number of hydrogen-bond donors (Lipinski definition) is 3. The van der Waals surface area contributed by atoms with Crippen LogP contribution in [0.25, 0.3) is 0 Å². The molecule has 1 atom stereocenters. The Morgan fingerprint density at radius 1 is 1.38 bits per heavy atom. The van der Waals surface area contributed by atoms with Gasteiger partial charge in [0, 0.05) is 12.5 Å². The number of methoxy groups -OCH3 is 1. The Hall–Kier alpha value is -3.47. The highest BCUT2D eigenvalue weighted by atomic mass is 16.5. The van der Waals surface area contributed by atoms with Crippen molar-refractivity contribution in [2.45, 2.75) is 19.3 Å². The molecule has 0 aliphatic heterocycles. The number of nitrogens with one attached hydrogen (secondary N) is 1. The Morgan fingerprint density at radius 3 is 2.77 bits per heavy atom. The van der Waals surface area contributed by atoms with E-state index in [9.17, 15) is 19.8 Å². The highest BCUT2D eigenvalue weighted by molar-refractivity contribution is 5.77. The summed E-state index contributed by atoms with van der Waals surface area (Å²) in [5, 5.41) is 30.9. The van der Waals surface area contributed by atoms with Gasteiger partial charge in [-0.25, -0.2) is 0 Å². The first-order valence-electron chi connectivity index (χ1n) is 7.71. The molecule has 0 aliphatic rings. The minimum absolute atomic E-state index is 0.0742. The summed E-state index contributed by atoms with van der Waals surface area (Å²) < 4.78 is 10.6. The summed E-state index contributed by atoms with van der Waals surface area (Å²) >= 11 is 0. The third kappa shape index (κ3) is 4.13. The van der Waals surface area contributed by atoms with E-state index in [4.69, 9.17) is 14.4 Å². The van der Waals surface area contributed by atoms with Crippen LogP contribution in [0.1, 0.15) is 29.4 Å². The number of carbonyl (C=O) groups is 1. The number of amides is 1. The molecule has 8 heteroatoms. The van der Waals surface area contributed by atoms with Gasteiger partial charge >= 0.3 is 0 Å². The van der Waals surface area contributed by atoms with Gasteiger partial charge in [-0.3, -0.25) is 9.59 Å². The molecule has 8 nitrogen and oxygen atoms in total. The molecule has 26 heavy (non-hydrogen) atoms. The lowest BCUT2D eigenvalue weighted by Gasteiger charge is -2.18. The molecule has 2 rings (SSSR count). The fourth-order valence-electron chi connectivity index (χ4n) is 2.53. The normalized spacial score (nSPS) is 11.4. The zero-order valence-electron chi connectivity index (χ0n) is 14.3. The number of benzene rings is 1. The predicted molar refractivity (Wildman–Crippen MR) is 91.1 cm³/mol. The lowest BCUT2D eigenvalue weighted by Crippen LogP contribution is -2.26. The molecule has 136 valence electrons. The smallest absolute Gasteiger partial charge is 0.227 e. The monoisotopic (exact) mass is 358 g/mol. The van der Waals surface area contributed by atoms with Gasteiger partial charge in [-0.2, -0.15) is 5.26 Å². The Labute approximate surface area is 149 Å². The number of phenols is 1. The van der Waals surface area contributed by atoms with E-state index in [-0.39, 0.29) is 36.0 Å². The highest BCUT2D eigenvalue weighted by Crippen LogP contribution is 2.37. The van der Waals surface area contributed by atoms with Crippen LogP contribution in [0.3, 0.4) is 0 Å². The molecule has 0 bridgehead atoms. The molecule has 0 saturated carbocycles. The van der Waals surface area contributed by atoms with Gasteiger partial charge in [0.1, 0.15) is 12.3 Å². The van der Waals surface area contributed by atoms with E-state index in [0.29, 0.717) is 5.56 Å². The van der Waals surface area contributed by atoms with Crippen LogP contribution in [0.4, 0.5) is 0 Å². The molecule has 1 amide bonds. The SMILES string of the molecule is COc1cc([C@H](CC(=O)NCC#N)c2oc(C)cc(=O)c2O)ccc1O. The fourth-order valence-corrected chi connectivity index (χ4v) is 2.53. The summed E-state index contributed by atoms with van der Waals surface area (Å²) in [6, 6.07) is 7.33. The summed E-state index contributed by atoms with van der Waals surface area (Å²) in [4.78, 5) is 24.0. The van der Waals surface area contributed by atoms with Crippen LogP contribution in [0.15, 0.2) is 33.5 Å². The van der Waals surface area contributed by atoms with E-state index in [1.165, 1.54) is 25.3 Å². The first kappa shape index (κ1) is 18.9. The second-order valence-corrected chi connectivity index (χ2v) is 5.56. The van der Waals surface area contributed by atoms with Gasteiger partial charge in [0.2, 0.25) is 17.1 Å². The van der Waals surface area contributed by atoms with Crippen LogP contribution in [0.2, 0.25) is 0 Å². The molecule has 0 spiro atoms. The molecule has 0 unspecified atom stereocenters. The van der Waals surface area contributed by atoms with E-state index in [1.807, 2.05) is 0 Å². The van der Waals surface area contributed by atoms with Crippen LogP contribution < -0.4 is 15.5 Å². The van der Waals surface area contributed by atoms with Crippen molar-refractivity contribution >= 4 is 5.91 Å². The lowest BCUT2D eigenvalue weighted by molar-refractivity contribution is -0.121. The van der Waals surface area contributed by atoms with Gasteiger partial charge in [0.15, 0.2) is 17.3 Å². The largest absolute Gasteiger partial charge is 0.504 e. The maximum Gasteiger partial charge on any atom is 0.227 e. The lowest BCUT2D eigenvalue weighted by atomic mass is 9.91. The van der Waals surface area contributed by atoms with Crippen molar-refractivity contribution in [1.29, 1.82) is 5.26 Å². The Balaban J connectivity index is 2.55. The number of phenolic OH excluding ortho intramolecular Hbond substituents is 1. The molecule has 0 aliphatic carbocycles. The van der Waals surface area contributed by atoms with Gasteiger partial charge in [-0.15, -0.1) is 0 Å². The van der Waals surface area contributed by atoms with Crippen molar-refractivity contribution in [3.8, 4) is 23.3 Å². The fraction of sp³-hybridized carbons (Fsp3) is 0.278. The van der Waals surface area contributed by atoms with Crippen molar-refractivity contribution in [2.75, 3.05) is 13.7 Å². The van der Waals surface area contributed by atoms with Gasteiger partial charge in [-0.05, 0) is 24.6 Å². The van der Waals surface area contributed by atoms with E-state index >= 15 is 0 Å². The van der Waals surface area contributed by atoms with Crippen molar-refractivity contribution in [2.24, 2.45) is 0 Å². The van der Waals surface area contributed by atoms with E-state index in [0.717, 1.165) is 6.07 Å². The Kier molecular flexibility index (Phi) is 5.86. The molecule has 1 aromatic heterocycles. The Bertz CT molecular complexity index is 913. The van der Waals surface area contributed by atoms with Crippen LogP contribution in [0, 0.1) is 18.3 Å². The number of hydrogen-bond acceptors (Lipinski definition) is 7. The molecule has 1 aromatic carbocycles. The molecule has 3 N–H and O–H groups in total. The quantitative estimate of drug-likeness (QED) is 0.667. The number of aromatic hydroxyl groups is 2. The van der Waals surface area contributed by atoms with Crippen molar-refractivity contribution in [3.05, 3.63) is 51.6 Å². The first-order valence-corrected chi connectivity index (χ1v) is 7.71. The summed E-state index contributed by atoms with van der Waals surface area (Å²) in [5.41, 5.74) is -0.146. The molecule has 0 saturated heterocycles. The molecule has 2 aromatic rings. The van der Waals surface area contributed by atoms with Gasteiger partial charge < -0.3 is 24.7 Å². The highest BCUT2D eigenvalue weighted by Gasteiger charge is 2.26. The molecule has 1 heterocycles. The number of aryl methyl sites for hydroxylation is 1. The summed E-state index contributed by atoms with van der Waals surface area (Å²) in [7, 11) is 1.37. The average Bonchev–Trinajstić information content (AvgIpc) is 2.61. The predicted octanol–water partition coefficient (Wildman–Crippen LogP) is 1.53. The van der Waals surface area contributed by atoms with Crippen molar-refractivity contribution in [3.63, 3.8) is 0 Å². The summed E-state index contributed by atoms with van der Waals surface area (Å²) in [6.45, 7) is 1.38. The van der Waals surface area contributed by atoms with Crippen LogP contribution in [-0.4, -0.2) is 29.8 Å². The average molecular weight is 358 g/mol. The Morgan fingerprint density at radius 2 is 2.12 bits per heavy atom. The van der Waals surface area contributed by atoms with Gasteiger partial charge in [0.25, 0.3) is 0 Å². The number of nitriles is 1. The molecule has 0 fully saturated rings. The molecule has 0 radical (unpaired) electrons. The standard InChI is InChI=1S/C18H18N2O6/c1-10-7-14(22)17(24)18(26-10)12(9-16(23)20-6-5-19)11-3-4-13(21)15(8-11)25-2/h3-4,7-8,12,21,24H,6,9H2,1-2H3,(H,20,23)/t12-/m0/s1. The molecular formula is C18H18N2O6. The molecular weight excluding hydrogens is 340 g/mol. The van der Waals surface area contributed by atoms with Crippen LogP contribution in [0.5, 0.6) is 17.2 Å². The number of ether oxygens (including phenoxy) is 1. The van der Waals surface area contributed by atoms with E-state index in [2.05, 4.69) is 5.32 Å². The second-order valence-electron chi connectivity index (χ2n) is 5.56. The maximum atomic E-state index is 12.1. The van der Waals surface area contributed by atoms with Gasteiger partial charge in [-0.1, -0.05) is 6.07 Å². The zero-order valence-corrected chi connectivity index (χ0v) is 14.3. The first-order chi connectivity index (χ1) is 12.4. The number of nitrogens with zero attached hydrogens (tertiary/aromatic N) is 1. The third-order valence-corrected chi connectivity index (χ3v) is 3.75. The topological polar surface area (TPSA) is 133 Å².